The lowest BCUT2D eigenvalue weighted by Crippen LogP contribution is -2.25. The number of hydrogen-bond acceptors (Lipinski definition) is 3. The van der Waals surface area contributed by atoms with E-state index in [1.54, 1.807) is 0 Å². The first-order chi connectivity index (χ1) is 47.0. The molecule has 1 atom stereocenters. The summed E-state index contributed by atoms with van der Waals surface area (Å²) in [7, 11) is 0. The highest BCUT2D eigenvalue weighted by molar-refractivity contribution is 6.15. The van der Waals surface area contributed by atoms with E-state index in [9.17, 15) is 0 Å². The fourth-order valence-corrected chi connectivity index (χ4v) is 14.5. The summed E-state index contributed by atoms with van der Waals surface area (Å²) in [4.78, 5) is 7.83. The summed E-state index contributed by atoms with van der Waals surface area (Å²) in [6.45, 7) is 2.08. The number of aliphatic imine (C=N–C) groups is 1. The molecule has 5 heteroatoms. The van der Waals surface area contributed by atoms with Crippen LogP contribution in [0.1, 0.15) is 46.7 Å². The minimum atomic E-state index is -0.189. The van der Waals surface area contributed by atoms with Crippen molar-refractivity contribution in [2.75, 3.05) is 10.2 Å². The van der Waals surface area contributed by atoms with Crippen molar-refractivity contribution < 1.29 is 0 Å². The van der Waals surface area contributed by atoms with Gasteiger partial charge in [0.05, 0.1) is 45.2 Å². The summed E-state index contributed by atoms with van der Waals surface area (Å²) in [6.07, 6.45) is 9.57. The molecule has 0 saturated carbocycles. The van der Waals surface area contributed by atoms with Gasteiger partial charge in [-0.05, 0) is 201 Å². The van der Waals surface area contributed by atoms with Gasteiger partial charge in [0, 0.05) is 50.0 Å². The SMILES string of the molecule is C1=CCCC(n2c3ccc(-c4cccc5ccccc45)cc3c3cc(N(c4ccccc4)c4ccc(C5Nc6ccccc6N=C5c5ccc(Cc6ccc7c(c6)c6cc(-c8cccc9ccccc89)ccc6n7-c6ccccc6)cc5)cc4)ccc32)=C1.Cc1ccccc1. The number of allylic oxidation sites excluding steroid dienone is 4. The second-order valence-corrected chi connectivity index (χ2v) is 25.1. The number of hydrogen-bond donors (Lipinski definition) is 1. The Labute approximate surface area is 553 Å². The molecule has 16 aromatic rings. The highest BCUT2D eigenvalue weighted by Crippen LogP contribution is 2.45. The number of benzene rings is 14. The van der Waals surface area contributed by atoms with Crippen LogP contribution < -0.4 is 10.2 Å². The van der Waals surface area contributed by atoms with Gasteiger partial charge in [-0.25, -0.2) is 4.99 Å². The molecule has 452 valence electrons. The summed E-state index contributed by atoms with van der Waals surface area (Å²) in [5, 5.41) is 13.9. The molecule has 0 radical (unpaired) electrons. The monoisotopic (exact) mass is 1220 g/mol. The minimum Gasteiger partial charge on any atom is -0.371 e. The van der Waals surface area contributed by atoms with Gasteiger partial charge in [0.15, 0.2) is 0 Å². The zero-order valence-corrected chi connectivity index (χ0v) is 52.8. The third-order valence-corrected chi connectivity index (χ3v) is 19.1. The molecule has 18 rings (SSSR count). The van der Waals surface area contributed by atoms with Crippen LogP contribution in [0, 0.1) is 6.92 Å². The minimum absolute atomic E-state index is 0.189. The van der Waals surface area contributed by atoms with Crippen LogP contribution in [0.25, 0.3) is 98.8 Å². The summed E-state index contributed by atoms with van der Waals surface area (Å²) in [5.74, 6) is 0. The Morgan fingerprint density at radius 1 is 0.411 bits per heavy atom. The van der Waals surface area contributed by atoms with E-state index in [2.05, 4.69) is 348 Å². The Morgan fingerprint density at radius 3 is 1.57 bits per heavy atom. The van der Waals surface area contributed by atoms with Gasteiger partial charge < -0.3 is 19.4 Å². The first-order valence-corrected chi connectivity index (χ1v) is 33.0. The second kappa shape index (κ2) is 24.5. The van der Waals surface area contributed by atoms with Crippen LogP contribution in [0.15, 0.2) is 345 Å². The number of aromatic nitrogens is 2. The van der Waals surface area contributed by atoms with Crippen molar-refractivity contribution in [1.29, 1.82) is 0 Å². The first kappa shape index (κ1) is 56.9. The Bertz CT molecular complexity index is 5650. The maximum Gasteiger partial charge on any atom is 0.0947 e. The quantitative estimate of drug-likeness (QED) is 0.140. The second-order valence-electron chi connectivity index (χ2n) is 25.1. The molecule has 3 heterocycles. The lowest BCUT2D eigenvalue weighted by molar-refractivity contribution is 0.979. The predicted octanol–water partition coefficient (Wildman–Crippen LogP) is 24.1. The molecule has 0 fully saturated rings. The van der Waals surface area contributed by atoms with Crippen LogP contribution >= 0.6 is 0 Å². The Hall–Kier alpha value is -12.1. The van der Waals surface area contributed by atoms with Crippen LogP contribution in [0.5, 0.6) is 0 Å². The molecule has 2 aliphatic rings. The van der Waals surface area contributed by atoms with Crippen molar-refractivity contribution in [3.8, 4) is 27.9 Å². The number of nitrogens with one attached hydrogen (secondary N) is 1. The van der Waals surface area contributed by atoms with Gasteiger partial charge in [0.25, 0.3) is 0 Å². The third-order valence-electron chi connectivity index (χ3n) is 19.1. The summed E-state index contributed by atoms with van der Waals surface area (Å²) in [6, 6.07) is 117. The molecule has 95 heavy (non-hydrogen) atoms. The topological polar surface area (TPSA) is 37.5 Å². The van der Waals surface area contributed by atoms with E-state index < -0.39 is 0 Å². The normalized spacial score (nSPS) is 13.5. The van der Waals surface area contributed by atoms with E-state index in [-0.39, 0.29) is 6.04 Å². The predicted molar refractivity (Wildman–Crippen MR) is 403 cm³/mol. The van der Waals surface area contributed by atoms with E-state index in [1.165, 1.54) is 110 Å². The fraction of sp³-hybridized carbons (Fsp3) is 0.0556. The average Bonchev–Trinajstić information content (AvgIpc) is 1.61. The summed E-state index contributed by atoms with van der Waals surface area (Å²) in [5.41, 5.74) is 24.5. The van der Waals surface area contributed by atoms with Crippen LogP contribution in [0.2, 0.25) is 0 Å². The Morgan fingerprint density at radius 2 is 0.926 bits per heavy atom. The smallest absolute Gasteiger partial charge is 0.0947 e. The molecule has 1 unspecified atom stereocenters. The zero-order chi connectivity index (χ0) is 63.2. The number of nitrogens with zero attached hydrogens (tertiary/aromatic N) is 4. The average molecular weight is 1220 g/mol. The number of fused-ring (bicyclic) bond motifs is 9. The largest absolute Gasteiger partial charge is 0.371 e. The van der Waals surface area contributed by atoms with Crippen molar-refractivity contribution in [3.05, 3.63) is 368 Å². The van der Waals surface area contributed by atoms with Gasteiger partial charge in [-0.3, -0.25) is 0 Å². The Kier molecular flexibility index (Phi) is 14.7. The molecular formula is C90H67N5. The number of rotatable bonds is 11. The zero-order valence-electron chi connectivity index (χ0n) is 52.8. The molecule has 0 saturated heterocycles. The molecule has 0 amide bonds. The van der Waals surface area contributed by atoms with Crippen molar-refractivity contribution in [3.63, 3.8) is 0 Å². The Balaban J connectivity index is 0.000000921. The molecule has 0 spiro atoms. The van der Waals surface area contributed by atoms with Crippen molar-refractivity contribution in [2.45, 2.75) is 32.2 Å². The fourth-order valence-electron chi connectivity index (χ4n) is 14.5. The van der Waals surface area contributed by atoms with Crippen molar-refractivity contribution >= 4 is 105 Å². The lowest BCUT2D eigenvalue weighted by Gasteiger charge is -2.29. The molecular weight excluding hydrogens is 1150 g/mol. The van der Waals surface area contributed by atoms with E-state index in [4.69, 9.17) is 4.99 Å². The third kappa shape index (κ3) is 10.7. The van der Waals surface area contributed by atoms with E-state index in [0.717, 1.165) is 70.2 Å². The van der Waals surface area contributed by atoms with Gasteiger partial charge in [-0.15, -0.1) is 0 Å². The van der Waals surface area contributed by atoms with Crippen LogP contribution in [-0.4, -0.2) is 14.8 Å². The van der Waals surface area contributed by atoms with E-state index >= 15 is 0 Å². The van der Waals surface area contributed by atoms with Crippen LogP contribution in [0.4, 0.5) is 28.4 Å². The van der Waals surface area contributed by atoms with Crippen molar-refractivity contribution in [2.24, 2.45) is 4.99 Å². The highest BCUT2D eigenvalue weighted by Gasteiger charge is 2.27. The maximum atomic E-state index is 5.44. The molecule has 14 aromatic carbocycles. The van der Waals surface area contributed by atoms with Gasteiger partial charge in [-0.2, -0.15) is 0 Å². The number of anilines is 4. The molecule has 0 bridgehead atoms. The van der Waals surface area contributed by atoms with Crippen LogP contribution in [0.3, 0.4) is 0 Å². The van der Waals surface area contributed by atoms with Gasteiger partial charge in [0.1, 0.15) is 0 Å². The molecule has 1 aliphatic carbocycles. The first-order valence-electron chi connectivity index (χ1n) is 33.0. The van der Waals surface area contributed by atoms with Gasteiger partial charge in [-0.1, -0.05) is 236 Å². The van der Waals surface area contributed by atoms with Crippen molar-refractivity contribution in [1.82, 2.24) is 9.13 Å². The summed E-state index contributed by atoms with van der Waals surface area (Å²) < 4.78 is 4.90. The molecule has 1 aliphatic heterocycles. The van der Waals surface area contributed by atoms with Crippen LogP contribution in [-0.2, 0) is 6.42 Å². The number of aryl methyl sites for hydroxylation is 1. The standard InChI is InChI=1S/C83H59N5.C7H8/c1-4-22-63(23-5-1)86(67-45-49-81-75(54-67)74-53-62(71-31-17-21-58-19-11-13-29-69(58)71)42-48-80(74)88(81)65-26-8-3-9-27-65)66-43-39-60(40-44-66)83-82(84-76-32-14-15-33-77(76)85-83)59-37-34-55(35-38-59)50-56-36-46-78-72(51-56)73-52-61(70-30-16-20-57-18-10-12-28-68(57)70)41-47-79(73)87(78)64-24-6-2-7-25-64;1-7-5-3-2-4-6-7/h1-8,10-26,28-49,51-54,83,85H,9,27,50H2;2-6H,1H3. The van der Waals surface area contributed by atoms with E-state index in [0.29, 0.717) is 0 Å². The lowest BCUT2D eigenvalue weighted by atomic mass is 9.92. The molecule has 2 aromatic heterocycles. The number of para-hydroxylation sites is 4. The van der Waals surface area contributed by atoms with E-state index in [1.807, 2.05) is 18.2 Å². The molecule has 5 nitrogen and oxygen atoms in total. The van der Waals surface area contributed by atoms with Gasteiger partial charge in [0.2, 0.25) is 0 Å². The summed E-state index contributed by atoms with van der Waals surface area (Å²) >= 11 is 0. The highest BCUT2D eigenvalue weighted by atomic mass is 15.1. The maximum absolute atomic E-state index is 5.44. The molecule has 1 N–H and O–H groups in total. The van der Waals surface area contributed by atoms with Gasteiger partial charge >= 0.3 is 0 Å².